The van der Waals surface area contributed by atoms with Crippen molar-refractivity contribution in [3.8, 4) is 0 Å². The minimum absolute atomic E-state index is 0.0375. The van der Waals surface area contributed by atoms with Gasteiger partial charge in [0.05, 0.1) is 18.8 Å². The summed E-state index contributed by atoms with van der Waals surface area (Å²) in [5.74, 6) is -0.584. The molecule has 0 unspecified atom stereocenters. The van der Waals surface area contributed by atoms with Gasteiger partial charge >= 0.3 is 6.09 Å². The van der Waals surface area contributed by atoms with Crippen molar-refractivity contribution in [1.82, 2.24) is 19.6 Å². The average Bonchev–Trinajstić information content (AvgIpc) is 3.51. The molecule has 11 nitrogen and oxygen atoms in total. The lowest BCUT2D eigenvalue weighted by atomic mass is 10.1. The fraction of sp³-hybridized carbons (Fsp3) is 0.333. The number of methoxy groups -OCH3 is 1. The third-order valence-corrected chi connectivity index (χ3v) is 7.06. The van der Waals surface area contributed by atoms with Crippen LogP contribution < -0.4 is 10.2 Å². The van der Waals surface area contributed by atoms with Crippen LogP contribution >= 0.6 is 0 Å². The maximum atomic E-state index is 13.3. The van der Waals surface area contributed by atoms with Gasteiger partial charge in [0.15, 0.2) is 11.9 Å². The van der Waals surface area contributed by atoms with Crippen LogP contribution in [-0.2, 0) is 22.6 Å². The second-order valence-corrected chi connectivity index (χ2v) is 9.48. The molecule has 3 aromatic rings. The lowest BCUT2D eigenvalue weighted by Gasteiger charge is -2.34. The van der Waals surface area contributed by atoms with Crippen LogP contribution in [0.15, 0.2) is 54.6 Å². The fourth-order valence-electron chi connectivity index (χ4n) is 4.90. The van der Waals surface area contributed by atoms with Gasteiger partial charge in [0, 0.05) is 50.1 Å². The summed E-state index contributed by atoms with van der Waals surface area (Å²) in [6, 6.07) is 16.4. The SMILES string of the molecule is CO[C@@H](C(=O)N1Cc2c(NC(=O)c3ccc(N4CCN(C)CC4)cc3)nn(C(=O)O)c2C1)c1ccccc1. The van der Waals surface area contributed by atoms with Crippen LogP contribution in [-0.4, -0.2) is 82.9 Å². The number of carbonyl (C=O) groups is 3. The monoisotopic (exact) mass is 518 g/mol. The molecule has 5 rings (SSSR count). The lowest BCUT2D eigenvalue weighted by molar-refractivity contribution is -0.143. The third kappa shape index (κ3) is 4.98. The van der Waals surface area contributed by atoms with Crippen molar-refractivity contribution in [3.05, 3.63) is 77.0 Å². The normalized spacial score (nSPS) is 16.3. The highest BCUT2D eigenvalue weighted by atomic mass is 16.5. The van der Waals surface area contributed by atoms with E-state index < -0.39 is 18.1 Å². The Bertz CT molecular complexity index is 1330. The van der Waals surface area contributed by atoms with Crippen LogP contribution in [0.1, 0.15) is 33.3 Å². The van der Waals surface area contributed by atoms with Gasteiger partial charge in [0.25, 0.3) is 11.8 Å². The van der Waals surface area contributed by atoms with E-state index in [1.165, 1.54) is 12.0 Å². The predicted octanol–water partition coefficient (Wildman–Crippen LogP) is 2.64. The minimum atomic E-state index is -1.29. The minimum Gasteiger partial charge on any atom is -0.463 e. The van der Waals surface area contributed by atoms with Gasteiger partial charge in [-0.1, -0.05) is 30.3 Å². The molecule has 198 valence electrons. The van der Waals surface area contributed by atoms with Crippen molar-refractivity contribution in [2.45, 2.75) is 19.2 Å². The number of ether oxygens (including phenoxy) is 1. The van der Waals surface area contributed by atoms with E-state index in [1.54, 1.807) is 24.3 Å². The summed E-state index contributed by atoms with van der Waals surface area (Å²) in [4.78, 5) is 44.3. The van der Waals surface area contributed by atoms with Crippen LogP contribution in [0, 0.1) is 0 Å². The zero-order chi connectivity index (χ0) is 26.8. The molecule has 11 heteroatoms. The molecule has 2 amide bonds. The molecular weight excluding hydrogens is 488 g/mol. The maximum Gasteiger partial charge on any atom is 0.432 e. The van der Waals surface area contributed by atoms with E-state index in [9.17, 15) is 19.5 Å². The molecule has 2 aliphatic heterocycles. The standard InChI is InChI=1S/C27H30N6O5/c1-30-12-14-31(15-13-30)20-10-8-19(9-11-20)25(34)28-24-21-16-32(17-22(21)33(29-24)27(36)37)26(35)23(38-2)18-6-4-3-5-7-18/h3-11,23H,12-17H2,1-2H3,(H,36,37)(H,28,29,34)/t23-/m1/s1. The number of hydrogen-bond donors (Lipinski definition) is 2. The summed E-state index contributed by atoms with van der Waals surface area (Å²) in [6.45, 7) is 3.95. The number of rotatable bonds is 6. The number of aromatic nitrogens is 2. The first-order chi connectivity index (χ1) is 18.4. The first-order valence-electron chi connectivity index (χ1n) is 12.4. The second kappa shape index (κ2) is 10.6. The number of anilines is 2. The molecule has 0 saturated carbocycles. The first kappa shape index (κ1) is 25.4. The Balaban J connectivity index is 1.32. The Morgan fingerprint density at radius 2 is 1.66 bits per heavy atom. The number of fused-ring (bicyclic) bond motifs is 1. The van der Waals surface area contributed by atoms with Crippen molar-refractivity contribution in [1.29, 1.82) is 0 Å². The molecule has 0 bridgehead atoms. The summed E-state index contributed by atoms with van der Waals surface area (Å²) in [6.07, 6.45) is -2.12. The highest BCUT2D eigenvalue weighted by molar-refractivity contribution is 6.04. The number of nitrogens with one attached hydrogen (secondary N) is 1. The number of carbonyl (C=O) groups excluding carboxylic acids is 2. The van der Waals surface area contributed by atoms with Gasteiger partial charge in [0.1, 0.15) is 0 Å². The topological polar surface area (TPSA) is 120 Å². The molecule has 38 heavy (non-hydrogen) atoms. The Labute approximate surface area is 220 Å². The fourth-order valence-corrected chi connectivity index (χ4v) is 4.90. The summed E-state index contributed by atoms with van der Waals surface area (Å²) in [7, 11) is 3.56. The second-order valence-electron chi connectivity index (χ2n) is 9.48. The summed E-state index contributed by atoms with van der Waals surface area (Å²) < 4.78 is 6.29. The smallest absolute Gasteiger partial charge is 0.432 e. The van der Waals surface area contributed by atoms with E-state index in [2.05, 4.69) is 27.3 Å². The summed E-state index contributed by atoms with van der Waals surface area (Å²) in [5.41, 5.74) is 3.01. The number of likely N-dealkylation sites (N-methyl/N-ethyl adjacent to an activating group) is 1. The molecule has 2 aromatic carbocycles. The number of hydrogen-bond acceptors (Lipinski definition) is 7. The van der Waals surface area contributed by atoms with Gasteiger partial charge in [-0.3, -0.25) is 9.59 Å². The Morgan fingerprint density at radius 1 is 0.974 bits per heavy atom. The van der Waals surface area contributed by atoms with Crippen molar-refractivity contribution in [2.75, 3.05) is 50.6 Å². The molecule has 1 atom stereocenters. The van der Waals surface area contributed by atoms with Crippen molar-refractivity contribution >= 4 is 29.4 Å². The molecule has 2 aliphatic rings. The number of carboxylic acid groups (broad SMARTS) is 1. The van der Waals surface area contributed by atoms with E-state index in [1.807, 2.05) is 30.3 Å². The first-order valence-corrected chi connectivity index (χ1v) is 12.4. The van der Waals surface area contributed by atoms with Crippen LogP contribution in [0.3, 0.4) is 0 Å². The van der Waals surface area contributed by atoms with E-state index in [0.717, 1.165) is 36.5 Å². The van der Waals surface area contributed by atoms with Crippen LogP contribution in [0.4, 0.5) is 16.3 Å². The summed E-state index contributed by atoms with van der Waals surface area (Å²) in [5, 5.41) is 16.6. The molecule has 1 saturated heterocycles. The molecule has 0 aliphatic carbocycles. The van der Waals surface area contributed by atoms with E-state index in [4.69, 9.17) is 4.74 Å². The Kier molecular flexibility index (Phi) is 7.12. The van der Waals surface area contributed by atoms with Crippen molar-refractivity contribution in [3.63, 3.8) is 0 Å². The molecule has 0 radical (unpaired) electrons. The zero-order valence-electron chi connectivity index (χ0n) is 21.3. The molecular formula is C27H30N6O5. The van der Waals surface area contributed by atoms with Crippen molar-refractivity contribution < 1.29 is 24.2 Å². The number of amides is 2. The van der Waals surface area contributed by atoms with Gasteiger partial charge in [-0.2, -0.15) is 4.68 Å². The van der Waals surface area contributed by atoms with Gasteiger partial charge in [-0.15, -0.1) is 5.10 Å². The molecule has 1 aromatic heterocycles. The van der Waals surface area contributed by atoms with Crippen LogP contribution in [0.25, 0.3) is 0 Å². The van der Waals surface area contributed by atoms with Gasteiger partial charge in [-0.25, -0.2) is 4.79 Å². The number of benzene rings is 2. The lowest BCUT2D eigenvalue weighted by Crippen LogP contribution is -2.44. The molecule has 0 spiro atoms. The Hall–Kier alpha value is -4.22. The van der Waals surface area contributed by atoms with Gasteiger partial charge < -0.3 is 29.9 Å². The van der Waals surface area contributed by atoms with Crippen LogP contribution in [0.2, 0.25) is 0 Å². The summed E-state index contributed by atoms with van der Waals surface area (Å²) >= 11 is 0. The number of nitrogens with zero attached hydrogens (tertiary/aromatic N) is 5. The average molecular weight is 519 g/mol. The van der Waals surface area contributed by atoms with E-state index in [0.29, 0.717) is 22.4 Å². The third-order valence-electron chi connectivity index (χ3n) is 7.06. The maximum absolute atomic E-state index is 13.3. The van der Waals surface area contributed by atoms with E-state index >= 15 is 0 Å². The quantitative estimate of drug-likeness (QED) is 0.511. The van der Waals surface area contributed by atoms with Gasteiger partial charge in [-0.05, 0) is 36.9 Å². The highest BCUT2D eigenvalue weighted by Crippen LogP contribution is 2.32. The van der Waals surface area contributed by atoms with Crippen LogP contribution in [0.5, 0.6) is 0 Å². The zero-order valence-corrected chi connectivity index (χ0v) is 21.3. The largest absolute Gasteiger partial charge is 0.463 e. The Morgan fingerprint density at radius 3 is 2.29 bits per heavy atom. The van der Waals surface area contributed by atoms with E-state index in [-0.39, 0.29) is 24.8 Å². The molecule has 3 heterocycles. The highest BCUT2D eigenvalue weighted by Gasteiger charge is 2.36. The predicted molar refractivity (Wildman–Crippen MR) is 140 cm³/mol. The molecule has 1 fully saturated rings. The number of piperazine rings is 1. The van der Waals surface area contributed by atoms with Gasteiger partial charge in [0.2, 0.25) is 0 Å². The molecule has 2 N–H and O–H groups in total. The van der Waals surface area contributed by atoms with Crippen molar-refractivity contribution in [2.24, 2.45) is 0 Å².